The highest BCUT2D eigenvalue weighted by molar-refractivity contribution is 7.99. The zero-order valence-corrected chi connectivity index (χ0v) is 10.7. The Hall–Kier alpha value is -0.470. The molecule has 0 aliphatic carbocycles. The predicted molar refractivity (Wildman–Crippen MR) is 70.5 cm³/mol. The van der Waals surface area contributed by atoms with E-state index in [1.165, 1.54) is 11.1 Å². The molecule has 1 rings (SSSR count). The van der Waals surface area contributed by atoms with Gasteiger partial charge in [-0.3, -0.25) is 0 Å². The van der Waals surface area contributed by atoms with Crippen LogP contribution in [0.2, 0.25) is 0 Å². The summed E-state index contributed by atoms with van der Waals surface area (Å²) in [5, 5.41) is 4.06. The highest BCUT2D eigenvalue weighted by atomic mass is 32.2. The van der Waals surface area contributed by atoms with Gasteiger partial charge >= 0.3 is 0 Å². The third kappa shape index (κ3) is 5.24. The molecule has 0 aliphatic heterocycles. The molecule has 1 aromatic carbocycles. The van der Waals surface area contributed by atoms with Crippen molar-refractivity contribution in [1.82, 2.24) is 5.32 Å². The number of rotatable bonds is 6. The Morgan fingerprint density at radius 1 is 1.40 bits per heavy atom. The Morgan fingerprint density at radius 2 is 2.20 bits per heavy atom. The van der Waals surface area contributed by atoms with E-state index in [-0.39, 0.29) is 0 Å². The van der Waals surface area contributed by atoms with Gasteiger partial charge in [0.15, 0.2) is 0 Å². The van der Waals surface area contributed by atoms with Crippen molar-refractivity contribution < 1.29 is 0 Å². The first-order valence-corrected chi connectivity index (χ1v) is 6.65. The lowest BCUT2D eigenvalue weighted by Gasteiger charge is -2.11. The van der Waals surface area contributed by atoms with Crippen LogP contribution in [0.1, 0.15) is 25.0 Å². The van der Waals surface area contributed by atoms with E-state index in [4.69, 9.17) is 0 Å². The quantitative estimate of drug-likeness (QED) is 0.794. The highest BCUT2D eigenvalue weighted by Gasteiger charge is 2.02. The van der Waals surface area contributed by atoms with E-state index in [9.17, 15) is 0 Å². The van der Waals surface area contributed by atoms with E-state index in [1.807, 2.05) is 11.8 Å². The topological polar surface area (TPSA) is 12.0 Å². The second-order valence-corrected chi connectivity index (χ2v) is 5.35. The molecule has 0 heterocycles. The molecule has 0 spiro atoms. The summed E-state index contributed by atoms with van der Waals surface area (Å²) in [5.74, 6) is 1.12. The maximum absolute atomic E-state index is 3.37. The molecular weight excluding hydrogens is 202 g/mol. The number of hydrogen-bond donors (Lipinski definition) is 1. The molecular formula is C13H21NS. The molecule has 1 aromatic rings. The third-order valence-corrected chi connectivity index (χ3v) is 3.53. The van der Waals surface area contributed by atoms with E-state index < -0.39 is 0 Å². The standard InChI is InChI=1S/C13H21NS/c1-4-14-9-12(3)15-10-13-7-5-6-11(2)8-13/h5-8,12,14H,4,9-10H2,1-3H3. The van der Waals surface area contributed by atoms with Crippen LogP contribution >= 0.6 is 11.8 Å². The van der Waals surface area contributed by atoms with Crippen molar-refractivity contribution in [2.45, 2.75) is 31.8 Å². The summed E-state index contributed by atoms with van der Waals surface area (Å²) in [4.78, 5) is 0. The van der Waals surface area contributed by atoms with Gasteiger partial charge in [0.2, 0.25) is 0 Å². The molecule has 1 atom stereocenters. The average molecular weight is 223 g/mol. The van der Waals surface area contributed by atoms with Gasteiger partial charge in [0, 0.05) is 17.5 Å². The molecule has 0 aromatic heterocycles. The van der Waals surface area contributed by atoms with E-state index in [1.54, 1.807) is 0 Å². The normalized spacial score (nSPS) is 12.7. The summed E-state index contributed by atoms with van der Waals surface area (Å²) < 4.78 is 0. The highest BCUT2D eigenvalue weighted by Crippen LogP contribution is 2.17. The molecule has 2 heteroatoms. The number of hydrogen-bond acceptors (Lipinski definition) is 2. The van der Waals surface area contributed by atoms with E-state index in [2.05, 4.69) is 50.4 Å². The van der Waals surface area contributed by atoms with Crippen LogP contribution in [0, 0.1) is 6.92 Å². The molecule has 1 nitrogen and oxygen atoms in total. The molecule has 1 N–H and O–H groups in total. The van der Waals surface area contributed by atoms with Crippen LogP contribution in [0.4, 0.5) is 0 Å². The lowest BCUT2D eigenvalue weighted by molar-refractivity contribution is 0.713. The summed E-state index contributed by atoms with van der Waals surface area (Å²) in [6, 6.07) is 8.77. The first-order chi connectivity index (χ1) is 7.22. The van der Waals surface area contributed by atoms with Crippen molar-refractivity contribution in [2.75, 3.05) is 13.1 Å². The van der Waals surface area contributed by atoms with Gasteiger partial charge in [0.1, 0.15) is 0 Å². The number of aryl methyl sites for hydroxylation is 1. The van der Waals surface area contributed by atoms with Crippen LogP contribution in [-0.4, -0.2) is 18.3 Å². The molecule has 84 valence electrons. The maximum atomic E-state index is 3.37. The van der Waals surface area contributed by atoms with Crippen molar-refractivity contribution in [2.24, 2.45) is 0 Å². The van der Waals surface area contributed by atoms with Crippen LogP contribution in [-0.2, 0) is 5.75 Å². The predicted octanol–water partition coefficient (Wildman–Crippen LogP) is 3.23. The van der Waals surface area contributed by atoms with Crippen molar-refractivity contribution in [3.05, 3.63) is 35.4 Å². The van der Waals surface area contributed by atoms with Crippen molar-refractivity contribution >= 4 is 11.8 Å². The Balaban J connectivity index is 2.30. The van der Waals surface area contributed by atoms with Crippen molar-refractivity contribution in [3.63, 3.8) is 0 Å². The fourth-order valence-electron chi connectivity index (χ4n) is 1.45. The Kier molecular flexibility index (Phi) is 5.81. The summed E-state index contributed by atoms with van der Waals surface area (Å²) in [6.45, 7) is 8.75. The fourth-order valence-corrected chi connectivity index (χ4v) is 2.34. The van der Waals surface area contributed by atoms with Gasteiger partial charge in [-0.15, -0.1) is 0 Å². The lowest BCUT2D eigenvalue weighted by Crippen LogP contribution is -2.22. The van der Waals surface area contributed by atoms with Crippen LogP contribution in [0.5, 0.6) is 0 Å². The zero-order chi connectivity index (χ0) is 11.1. The minimum atomic E-state index is 0.686. The SMILES string of the molecule is CCNCC(C)SCc1cccc(C)c1. The fraction of sp³-hybridized carbons (Fsp3) is 0.538. The van der Waals surface area contributed by atoms with Gasteiger partial charge in [0.25, 0.3) is 0 Å². The second kappa shape index (κ2) is 6.91. The minimum absolute atomic E-state index is 0.686. The molecule has 0 fully saturated rings. The van der Waals surface area contributed by atoms with Crippen LogP contribution in [0.3, 0.4) is 0 Å². The summed E-state index contributed by atoms with van der Waals surface area (Å²) >= 11 is 2.02. The second-order valence-electron chi connectivity index (χ2n) is 3.92. The Labute approximate surface area is 97.7 Å². The molecule has 15 heavy (non-hydrogen) atoms. The molecule has 0 bridgehead atoms. The maximum Gasteiger partial charge on any atom is 0.0187 e. The van der Waals surface area contributed by atoms with Gasteiger partial charge in [-0.2, -0.15) is 11.8 Å². The van der Waals surface area contributed by atoms with Gasteiger partial charge in [-0.1, -0.05) is 43.7 Å². The molecule has 0 amide bonds. The van der Waals surface area contributed by atoms with Gasteiger partial charge in [-0.05, 0) is 19.0 Å². The smallest absolute Gasteiger partial charge is 0.0187 e. The minimum Gasteiger partial charge on any atom is -0.316 e. The number of benzene rings is 1. The first-order valence-electron chi connectivity index (χ1n) is 5.60. The lowest BCUT2D eigenvalue weighted by atomic mass is 10.2. The number of nitrogens with one attached hydrogen (secondary N) is 1. The molecule has 0 radical (unpaired) electrons. The monoisotopic (exact) mass is 223 g/mol. The molecule has 0 aliphatic rings. The molecule has 1 unspecified atom stereocenters. The average Bonchev–Trinajstić information content (AvgIpc) is 2.23. The van der Waals surface area contributed by atoms with Crippen LogP contribution in [0.15, 0.2) is 24.3 Å². The van der Waals surface area contributed by atoms with Crippen molar-refractivity contribution in [1.29, 1.82) is 0 Å². The summed E-state index contributed by atoms with van der Waals surface area (Å²) in [6.07, 6.45) is 0. The summed E-state index contributed by atoms with van der Waals surface area (Å²) in [7, 11) is 0. The van der Waals surface area contributed by atoms with Gasteiger partial charge in [-0.25, -0.2) is 0 Å². The van der Waals surface area contributed by atoms with Gasteiger partial charge in [0.05, 0.1) is 0 Å². The Morgan fingerprint density at radius 3 is 2.87 bits per heavy atom. The molecule has 0 saturated carbocycles. The van der Waals surface area contributed by atoms with Crippen LogP contribution in [0.25, 0.3) is 0 Å². The van der Waals surface area contributed by atoms with Crippen LogP contribution < -0.4 is 5.32 Å². The van der Waals surface area contributed by atoms with E-state index >= 15 is 0 Å². The first kappa shape index (κ1) is 12.6. The van der Waals surface area contributed by atoms with Crippen molar-refractivity contribution in [3.8, 4) is 0 Å². The molecule has 0 saturated heterocycles. The number of thioether (sulfide) groups is 1. The summed E-state index contributed by atoms with van der Waals surface area (Å²) in [5.41, 5.74) is 2.79. The zero-order valence-electron chi connectivity index (χ0n) is 9.92. The van der Waals surface area contributed by atoms with E-state index in [0.717, 1.165) is 18.8 Å². The van der Waals surface area contributed by atoms with Gasteiger partial charge < -0.3 is 5.32 Å². The largest absolute Gasteiger partial charge is 0.316 e. The Bertz CT molecular complexity index is 286. The van der Waals surface area contributed by atoms with E-state index in [0.29, 0.717) is 5.25 Å². The third-order valence-electron chi connectivity index (χ3n) is 2.30.